The van der Waals surface area contributed by atoms with Gasteiger partial charge in [-0.25, -0.2) is 0 Å². The summed E-state index contributed by atoms with van der Waals surface area (Å²) in [7, 11) is 1.33. The zero-order valence-electron chi connectivity index (χ0n) is 13.7. The minimum absolute atomic E-state index is 0.0968. The second kappa shape index (κ2) is 7.76. The molecule has 0 spiro atoms. The van der Waals surface area contributed by atoms with Gasteiger partial charge in [0.2, 0.25) is 0 Å². The van der Waals surface area contributed by atoms with Crippen LogP contribution in [0.3, 0.4) is 0 Å². The highest BCUT2D eigenvalue weighted by Gasteiger charge is 2.30. The third kappa shape index (κ3) is 3.81. The molecule has 1 heterocycles. The van der Waals surface area contributed by atoms with E-state index in [9.17, 15) is 19.7 Å². The monoisotopic (exact) mass is 336 g/mol. The standard InChI is InChI=1S/C16H20N2O6/c1-3-24-16(20)12-5-4-8-17(10-12)15(19)11-6-7-14(23-2)13(9-11)18(21)22/h6-7,9,12H,3-5,8,10H2,1-2H3/t12-/m0/s1. The maximum Gasteiger partial charge on any atom is 0.311 e. The van der Waals surface area contributed by atoms with Crippen LogP contribution in [0.15, 0.2) is 18.2 Å². The maximum atomic E-state index is 12.6. The molecule has 1 aliphatic rings. The maximum absolute atomic E-state index is 12.6. The number of likely N-dealkylation sites (tertiary alicyclic amines) is 1. The van der Waals surface area contributed by atoms with Crippen molar-refractivity contribution in [1.29, 1.82) is 0 Å². The van der Waals surface area contributed by atoms with Crippen molar-refractivity contribution in [1.82, 2.24) is 4.90 Å². The topological polar surface area (TPSA) is 99.0 Å². The number of carbonyl (C=O) groups excluding carboxylic acids is 2. The molecule has 1 fully saturated rings. The van der Waals surface area contributed by atoms with Crippen molar-refractivity contribution in [2.45, 2.75) is 19.8 Å². The number of ether oxygens (including phenoxy) is 2. The molecule has 0 aromatic heterocycles. The van der Waals surface area contributed by atoms with Gasteiger partial charge in [0.05, 0.1) is 24.6 Å². The van der Waals surface area contributed by atoms with Crippen LogP contribution >= 0.6 is 0 Å². The van der Waals surface area contributed by atoms with Crippen molar-refractivity contribution in [3.05, 3.63) is 33.9 Å². The van der Waals surface area contributed by atoms with Gasteiger partial charge in [-0.05, 0) is 31.9 Å². The Kier molecular flexibility index (Phi) is 5.73. The number of rotatable bonds is 5. The van der Waals surface area contributed by atoms with Gasteiger partial charge < -0.3 is 14.4 Å². The molecule has 8 nitrogen and oxygen atoms in total. The molecule has 130 valence electrons. The predicted octanol–water partition coefficient (Wildman–Crippen LogP) is 2.02. The smallest absolute Gasteiger partial charge is 0.311 e. The van der Waals surface area contributed by atoms with Crippen molar-refractivity contribution in [2.24, 2.45) is 5.92 Å². The van der Waals surface area contributed by atoms with Gasteiger partial charge in [-0.2, -0.15) is 0 Å². The van der Waals surface area contributed by atoms with Crippen LogP contribution in [-0.4, -0.2) is 48.5 Å². The number of esters is 1. The van der Waals surface area contributed by atoms with E-state index >= 15 is 0 Å². The average molecular weight is 336 g/mol. The molecule has 0 bridgehead atoms. The van der Waals surface area contributed by atoms with Crippen LogP contribution in [0, 0.1) is 16.0 Å². The summed E-state index contributed by atoms with van der Waals surface area (Å²) in [5, 5.41) is 11.1. The Morgan fingerprint density at radius 3 is 2.79 bits per heavy atom. The predicted molar refractivity (Wildman–Crippen MR) is 84.9 cm³/mol. The van der Waals surface area contributed by atoms with E-state index < -0.39 is 4.92 Å². The van der Waals surface area contributed by atoms with Crippen LogP contribution in [0.4, 0.5) is 5.69 Å². The molecule has 1 atom stereocenters. The fraction of sp³-hybridized carbons (Fsp3) is 0.500. The summed E-state index contributed by atoms with van der Waals surface area (Å²) < 4.78 is 9.95. The third-order valence-corrected chi connectivity index (χ3v) is 3.95. The summed E-state index contributed by atoms with van der Waals surface area (Å²) in [6.45, 7) is 2.81. The first-order valence-electron chi connectivity index (χ1n) is 7.76. The summed E-state index contributed by atoms with van der Waals surface area (Å²) >= 11 is 0. The number of nitro benzene ring substituents is 1. The molecule has 2 rings (SSSR count). The van der Waals surface area contributed by atoms with Gasteiger partial charge in [0.1, 0.15) is 0 Å². The quantitative estimate of drug-likeness (QED) is 0.463. The second-order valence-electron chi connectivity index (χ2n) is 5.49. The van der Waals surface area contributed by atoms with Crippen LogP contribution < -0.4 is 4.74 Å². The molecule has 1 aliphatic heterocycles. The van der Waals surface area contributed by atoms with E-state index in [1.54, 1.807) is 6.92 Å². The third-order valence-electron chi connectivity index (χ3n) is 3.95. The Bertz CT molecular complexity index is 645. The van der Waals surface area contributed by atoms with E-state index in [2.05, 4.69) is 0 Å². The molecule has 0 radical (unpaired) electrons. The van der Waals surface area contributed by atoms with Crippen molar-refractivity contribution in [3.8, 4) is 5.75 Å². The van der Waals surface area contributed by atoms with Crippen LogP contribution in [-0.2, 0) is 9.53 Å². The molecule has 8 heteroatoms. The SMILES string of the molecule is CCOC(=O)[C@H]1CCCN(C(=O)c2ccc(OC)c([N+](=O)[O-])c2)C1. The van der Waals surface area contributed by atoms with Crippen LogP contribution in [0.5, 0.6) is 5.75 Å². The molecule has 1 aromatic rings. The van der Waals surface area contributed by atoms with Gasteiger partial charge in [0, 0.05) is 24.7 Å². The Morgan fingerprint density at radius 2 is 2.17 bits per heavy atom. The summed E-state index contributed by atoms with van der Waals surface area (Å²) in [5.41, 5.74) is -0.0608. The van der Waals surface area contributed by atoms with E-state index in [1.807, 2.05) is 0 Å². The molecule has 1 amide bonds. The molecule has 0 aliphatic carbocycles. The van der Waals surface area contributed by atoms with Crippen molar-refractivity contribution in [3.63, 3.8) is 0 Å². The number of hydrogen-bond donors (Lipinski definition) is 0. The number of piperidine rings is 1. The van der Waals surface area contributed by atoms with Gasteiger partial charge in [-0.3, -0.25) is 19.7 Å². The summed E-state index contributed by atoms with van der Waals surface area (Å²) in [5.74, 6) is -0.902. The lowest BCUT2D eigenvalue weighted by Crippen LogP contribution is -2.42. The van der Waals surface area contributed by atoms with Crippen LogP contribution in [0.2, 0.25) is 0 Å². The first kappa shape index (κ1) is 17.7. The van der Waals surface area contributed by atoms with Gasteiger partial charge >= 0.3 is 11.7 Å². The molecule has 0 unspecified atom stereocenters. The highest BCUT2D eigenvalue weighted by molar-refractivity contribution is 5.95. The van der Waals surface area contributed by atoms with Crippen molar-refractivity contribution < 1.29 is 24.0 Å². The summed E-state index contributed by atoms with van der Waals surface area (Å²) in [4.78, 5) is 36.5. The number of nitrogens with zero attached hydrogens (tertiary/aromatic N) is 2. The lowest BCUT2D eigenvalue weighted by atomic mass is 9.97. The summed E-state index contributed by atoms with van der Waals surface area (Å²) in [6.07, 6.45) is 1.36. The fourth-order valence-corrected chi connectivity index (χ4v) is 2.76. The molecule has 1 aromatic carbocycles. The van der Waals surface area contributed by atoms with Crippen LogP contribution in [0.1, 0.15) is 30.1 Å². The van der Waals surface area contributed by atoms with E-state index in [4.69, 9.17) is 9.47 Å². The van der Waals surface area contributed by atoms with Crippen molar-refractivity contribution in [2.75, 3.05) is 26.8 Å². The van der Waals surface area contributed by atoms with Gasteiger partial charge in [-0.15, -0.1) is 0 Å². The molecular formula is C16H20N2O6. The Labute approximate surface area is 139 Å². The lowest BCUT2D eigenvalue weighted by Gasteiger charge is -2.31. The van der Waals surface area contributed by atoms with Crippen LogP contribution in [0.25, 0.3) is 0 Å². The first-order valence-corrected chi connectivity index (χ1v) is 7.76. The van der Waals surface area contributed by atoms with Gasteiger partial charge in [0.15, 0.2) is 5.75 Å². The second-order valence-corrected chi connectivity index (χ2v) is 5.49. The Morgan fingerprint density at radius 1 is 1.42 bits per heavy atom. The van der Waals surface area contributed by atoms with Gasteiger partial charge in [0.25, 0.3) is 5.91 Å². The molecule has 1 saturated heterocycles. The van der Waals surface area contributed by atoms with E-state index in [-0.39, 0.29) is 41.3 Å². The highest BCUT2D eigenvalue weighted by Crippen LogP contribution is 2.29. The molecule has 0 saturated carbocycles. The number of nitro groups is 1. The molecular weight excluding hydrogens is 316 g/mol. The summed E-state index contributed by atoms with van der Waals surface area (Å²) in [6, 6.07) is 4.09. The van der Waals surface area contributed by atoms with Crippen molar-refractivity contribution >= 4 is 17.6 Å². The number of methoxy groups -OCH3 is 1. The number of benzene rings is 1. The minimum atomic E-state index is -0.590. The normalized spacial score (nSPS) is 17.2. The Hall–Kier alpha value is -2.64. The minimum Gasteiger partial charge on any atom is -0.490 e. The largest absolute Gasteiger partial charge is 0.490 e. The molecule has 24 heavy (non-hydrogen) atoms. The number of carbonyl (C=O) groups is 2. The zero-order valence-corrected chi connectivity index (χ0v) is 13.7. The first-order chi connectivity index (χ1) is 11.5. The molecule has 0 N–H and O–H groups in total. The van der Waals surface area contributed by atoms with E-state index in [0.29, 0.717) is 26.0 Å². The van der Waals surface area contributed by atoms with Gasteiger partial charge in [-0.1, -0.05) is 0 Å². The van der Waals surface area contributed by atoms with E-state index in [0.717, 1.165) is 0 Å². The lowest BCUT2D eigenvalue weighted by molar-refractivity contribution is -0.385. The van der Waals surface area contributed by atoms with E-state index in [1.165, 1.54) is 30.2 Å². The average Bonchev–Trinajstić information content (AvgIpc) is 2.60. The fourth-order valence-electron chi connectivity index (χ4n) is 2.76. The zero-order chi connectivity index (χ0) is 17.7. The highest BCUT2D eigenvalue weighted by atomic mass is 16.6. The number of amides is 1. The number of hydrogen-bond acceptors (Lipinski definition) is 6. The Balaban J connectivity index is 2.17.